The summed E-state index contributed by atoms with van der Waals surface area (Å²) in [5.41, 5.74) is 4.39. The van der Waals surface area contributed by atoms with Crippen LogP contribution in [0.1, 0.15) is 22.3 Å². The molecule has 2 heterocycles. The maximum atomic E-state index is 13.5. The van der Waals surface area contributed by atoms with E-state index in [1.165, 1.54) is 17.0 Å². The summed E-state index contributed by atoms with van der Waals surface area (Å²) < 4.78 is 24.6. The van der Waals surface area contributed by atoms with E-state index in [1.807, 2.05) is 32.0 Å². The Hall–Kier alpha value is -4.13. The van der Waals surface area contributed by atoms with Gasteiger partial charge in [0.05, 0.1) is 12.1 Å². The van der Waals surface area contributed by atoms with Gasteiger partial charge in [0.25, 0.3) is 11.8 Å². The van der Waals surface area contributed by atoms with Gasteiger partial charge in [-0.15, -0.1) is 0 Å². The molecule has 0 saturated carbocycles. The standard InChI is InChI=1S/C27H23FN2O4/c1-16-3-9-21(17(2)13-16)24-25(29-20-8-10-22-23(14-20)34-12-11-33-22)27(32)30(26(24)31)15-18-4-6-19(28)7-5-18/h3-10,13-14,29H,11-12,15H2,1-2H3. The summed E-state index contributed by atoms with van der Waals surface area (Å²) in [6.07, 6.45) is 0. The van der Waals surface area contributed by atoms with Gasteiger partial charge in [0.2, 0.25) is 0 Å². The number of amides is 2. The van der Waals surface area contributed by atoms with Crippen molar-refractivity contribution < 1.29 is 23.5 Å². The fourth-order valence-corrected chi connectivity index (χ4v) is 4.22. The number of imide groups is 1. The minimum absolute atomic E-state index is 0.0404. The molecular weight excluding hydrogens is 435 g/mol. The van der Waals surface area contributed by atoms with Gasteiger partial charge >= 0.3 is 0 Å². The molecule has 1 N–H and O–H groups in total. The Kier molecular flexibility index (Phi) is 5.53. The summed E-state index contributed by atoms with van der Waals surface area (Å²) >= 11 is 0. The Morgan fingerprint density at radius 2 is 1.62 bits per heavy atom. The Labute approximate surface area is 196 Å². The number of hydrogen-bond donors (Lipinski definition) is 1. The Morgan fingerprint density at radius 3 is 2.35 bits per heavy atom. The summed E-state index contributed by atoms with van der Waals surface area (Å²) in [5.74, 6) is -0.0182. The molecule has 6 nitrogen and oxygen atoms in total. The highest BCUT2D eigenvalue weighted by atomic mass is 19.1. The molecule has 2 aliphatic heterocycles. The van der Waals surface area contributed by atoms with Crippen molar-refractivity contribution in [2.24, 2.45) is 0 Å². The smallest absolute Gasteiger partial charge is 0.278 e. The molecule has 0 radical (unpaired) electrons. The molecule has 0 spiro atoms. The van der Waals surface area contributed by atoms with Gasteiger partial charge in [-0.05, 0) is 54.8 Å². The van der Waals surface area contributed by atoms with Crippen LogP contribution in [0.4, 0.5) is 10.1 Å². The van der Waals surface area contributed by atoms with Crippen molar-refractivity contribution in [1.82, 2.24) is 4.90 Å². The SMILES string of the molecule is Cc1ccc(C2=C(Nc3ccc4c(c3)OCCO4)C(=O)N(Cc3ccc(F)cc3)C2=O)c(C)c1. The normalized spacial score (nSPS) is 15.2. The van der Waals surface area contributed by atoms with Crippen LogP contribution in [0.25, 0.3) is 5.57 Å². The van der Waals surface area contributed by atoms with Gasteiger partial charge in [-0.2, -0.15) is 0 Å². The average molecular weight is 458 g/mol. The molecule has 172 valence electrons. The molecular formula is C27H23FN2O4. The van der Waals surface area contributed by atoms with Crippen LogP contribution in [-0.2, 0) is 16.1 Å². The van der Waals surface area contributed by atoms with Crippen LogP contribution in [0.15, 0.2) is 66.4 Å². The van der Waals surface area contributed by atoms with Gasteiger partial charge in [-0.3, -0.25) is 14.5 Å². The summed E-state index contributed by atoms with van der Waals surface area (Å²) in [5, 5.41) is 3.16. The van der Waals surface area contributed by atoms with E-state index in [2.05, 4.69) is 5.32 Å². The van der Waals surface area contributed by atoms with Gasteiger partial charge in [0.1, 0.15) is 24.7 Å². The second-order valence-corrected chi connectivity index (χ2v) is 8.37. The zero-order valence-corrected chi connectivity index (χ0v) is 18.9. The molecule has 2 aliphatic rings. The predicted molar refractivity (Wildman–Crippen MR) is 126 cm³/mol. The maximum absolute atomic E-state index is 13.5. The molecule has 3 aromatic rings. The minimum Gasteiger partial charge on any atom is -0.486 e. The van der Waals surface area contributed by atoms with Crippen molar-refractivity contribution in [2.45, 2.75) is 20.4 Å². The minimum atomic E-state index is -0.445. The highest BCUT2D eigenvalue weighted by Crippen LogP contribution is 2.36. The van der Waals surface area contributed by atoms with Crippen molar-refractivity contribution in [3.05, 3.63) is 94.4 Å². The van der Waals surface area contributed by atoms with Gasteiger partial charge in [-0.1, -0.05) is 35.9 Å². The van der Waals surface area contributed by atoms with Crippen molar-refractivity contribution in [2.75, 3.05) is 18.5 Å². The number of hydrogen-bond acceptors (Lipinski definition) is 5. The fourth-order valence-electron chi connectivity index (χ4n) is 4.22. The first-order chi connectivity index (χ1) is 16.4. The van der Waals surface area contributed by atoms with Crippen LogP contribution in [0, 0.1) is 19.7 Å². The van der Waals surface area contributed by atoms with Crippen LogP contribution >= 0.6 is 0 Å². The largest absolute Gasteiger partial charge is 0.486 e. The Balaban J connectivity index is 1.54. The summed E-state index contributed by atoms with van der Waals surface area (Å²) in [6, 6.07) is 16.8. The van der Waals surface area contributed by atoms with E-state index >= 15 is 0 Å². The number of halogens is 1. The number of carbonyl (C=O) groups is 2. The lowest BCUT2D eigenvalue weighted by Gasteiger charge is -2.19. The fraction of sp³-hybridized carbons (Fsp3) is 0.185. The first-order valence-electron chi connectivity index (χ1n) is 11.0. The lowest BCUT2D eigenvalue weighted by atomic mass is 9.97. The molecule has 0 unspecified atom stereocenters. The number of carbonyl (C=O) groups excluding carboxylic acids is 2. The topological polar surface area (TPSA) is 67.9 Å². The lowest BCUT2D eigenvalue weighted by molar-refractivity contribution is -0.137. The van der Waals surface area contributed by atoms with Crippen LogP contribution < -0.4 is 14.8 Å². The summed E-state index contributed by atoms with van der Waals surface area (Å²) in [4.78, 5) is 28.2. The lowest BCUT2D eigenvalue weighted by Crippen LogP contribution is -2.32. The summed E-state index contributed by atoms with van der Waals surface area (Å²) in [6.45, 7) is 4.85. The first-order valence-corrected chi connectivity index (χ1v) is 11.0. The van der Waals surface area contributed by atoms with E-state index < -0.39 is 11.8 Å². The predicted octanol–water partition coefficient (Wildman–Crippen LogP) is 4.61. The molecule has 3 aromatic carbocycles. The maximum Gasteiger partial charge on any atom is 0.278 e. The second-order valence-electron chi connectivity index (χ2n) is 8.37. The van der Waals surface area contributed by atoms with Gasteiger partial charge in [0.15, 0.2) is 11.5 Å². The van der Waals surface area contributed by atoms with Crippen LogP contribution in [-0.4, -0.2) is 29.9 Å². The van der Waals surface area contributed by atoms with Crippen LogP contribution in [0.2, 0.25) is 0 Å². The number of rotatable bonds is 5. The molecule has 7 heteroatoms. The third-order valence-corrected chi connectivity index (χ3v) is 5.88. The molecule has 0 bridgehead atoms. The number of ether oxygens (including phenoxy) is 2. The van der Waals surface area contributed by atoms with Crippen LogP contribution in [0.3, 0.4) is 0 Å². The van der Waals surface area contributed by atoms with Crippen molar-refractivity contribution in [3.63, 3.8) is 0 Å². The highest BCUT2D eigenvalue weighted by Gasteiger charge is 2.39. The highest BCUT2D eigenvalue weighted by molar-refractivity contribution is 6.36. The first kappa shape index (κ1) is 21.7. The van der Waals surface area contributed by atoms with Crippen molar-refractivity contribution >= 4 is 23.1 Å². The van der Waals surface area contributed by atoms with Gasteiger partial charge in [0, 0.05) is 11.8 Å². The number of fused-ring (bicyclic) bond motifs is 1. The number of aryl methyl sites for hydroxylation is 2. The molecule has 0 aromatic heterocycles. The van der Waals surface area contributed by atoms with E-state index in [4.69, 9.17) is 9.47 Å². The van der Waals surface area contributed by atoms with E-state index in [1.54, 1.807) is 30.3 Å². The second kappa shape index (κ2) is 8.67. The third kappa shape index (κ3) is 4.01. The molecule has 34 heavy (non-hydrogen) atoms. The van der Waals surface area contributed by atoms with E-state index in [-0.39, 0.29) is 18.1 Å². The van der Waals surface area contributed by atoms with E-state index in [0.717, 1.165) is 11.1 Å². The third-order valence-electron chi connectivity index (χ3n) is 5.88. The summed E-state index contributed by atoms with van der Waals surface area (Å²) in [7, 11) is 0. The Morgan fingerprint density at radius 1 is 0.882 bits per heavy atom. The number of nitrogens with one attached hydrogen (secondary N) is 1. The molecule has 0 fully saturated rings. The molecule has 0 saturated heterocycles. The quantitative estimate of drug-likeness (QED) is 0.566. The molecule has 0 aliphatic carbocycles. The monoisotopic (exact) mass is 458 g/mol. The van der Waals surface area contributed by atoms with E-state index in [9.17, 15) is 14.0 Å². The van der Waals surface area contributed by atoms with Crippen molar-refractivity contribution in [3.8, 4) is 11.5 Å². The molecule has 5 rings (SSSR count). The number of benzene rings is 3. The zero-order valence-electron chi connectivity index (χ0n) is 18.9. The number of nitrogens with zero attached hydrogens (tertiary/aromatic N) is 1. The van der Waals surface area contributed by atoms with Gasteiger partial charge in [-0.25, -0.2) is 4.39 Å². The zero-order chi connectivity index (χ0) is 23.8. The molecule has 2 amide bonds. The number of anilines is 1. The molecule has 0 atom stereocenters. The van der Waals surface area contributed by atoms with Crippen LogP contribution in [0.5, 0.6) is 11.5 Å². The van der Waals surface area contributed by atoms with Crippen molar-refractivity contribution in [1.29, 1.82) is 0 Å². The average Bonchev–Trinajstić information content (AvgIpc) is 3.05. The van der Waals surface area contributed by atoms with E-state index in [0.29, 0.717) is 47.1 Å². The van der Waals surface area contributed by atoms with Gasteiger partial charge < -0.3 is 14.8 Å². The Bertz CT molecular complexity index is 1330.